The van der Waals surface area contributed by atoms with Crippen LogP contribution in [0.1, 0.15) is 6.92 Å². The molecule has 14 heteroatoms. The van der Waals surface area contributed by atoms with E-state index in [1.165, 1.54) is 36.5 Å². The van der Waals surface area contributed by atoms with E-state index in [2.05, 4.69) is 5.32 Å². The van der Waals surface area contributed by atoms with Crippen molar-refractivity contribution in [1.82, 2.24) is 4.31 Å². The van der Waals surface area contributed by atoms with E-state index in [0.29, 0.717) is 10.4 Å². The predicted octanol–water partition coefficient (Wildman–Crippen LogP) is 1.79. The van der Waals surface area contributed by atoms with Crippen LogP contribution in [0.25, 0.3) is 0 Å². The standard InChI is InChI=1S/C21H25F2N3O7S2/c1-14(26(34(3,28)29)16-5-6-17(22)18(23)13-16)21(27)24-15-4-7-19(32-2)20(12-15)35(30,31)25-8-10-33-11-9-25/h4-7,12-14H,8-11H2,1-3H3,(H,24,27). The summed E-state index contributed by atoms with van der Waals surface area (Å²) in [4.78, 5) is 12.8. The molecular formula is C21H25F2N3O7S2. The van der Waals surface area contributed by atoms with Crippen molar-refractivity contribution in [3.8, 4) is 5.75 Å². The van der Waals surface area contributed by atoms with Crippen molar-refractivity contribution < 1.29 is 39.9 Å². The van der Waals surface area contributed by atoms with Gasteiger partial charge in [-0.3, -0.25) is 9.10 Å². The Bertz CT molecular complexity index is 1310. The summed E-state index contributed by atoms with van der Waals surface area (Å²) < 4.78 is 90.4. The smallest absolute Gasteiger partial charge is 0.247 e. The Kier molecular flexibility index (Phi) is 7.99. The molecule has 3 rings (SSSR count). The van der Waals surface area contributed by atoms with Gasteiger partial charge in [0.2, 0.25) is 26.0 Å². The molecule has 0 saturated carbocycles. The lowest BCUT2D eigenvalue weighted by Gasteiger charge is -2.28. The molecule has 192 valence electrons. The molecule has 1 unspecified atom stereocenters. The van der Waals surface area contributed by atoms with Crippen molar-refractivity contribution in [2.45, 2.75) is 17.9 Å². The number of nitrogens with one attached hydrogen (secondary N) is 1. The van der Waals surface area contributed by atoms with Gasteiger partial charge in [0.05, 0.1) is 32.3 Å². The summed E-state index contributed by atoms with van der Waals surface area (Å²) in [7, 11) is -6.77. The van der Waals surface area contributed by atoms with Gasteiger partial charge in [0, 0.05) is 24.8 Å². The van der Waals surface area contributed by atoms with Crippen LogP contribution < -0.4 is 14.4 Å². The maximum absolute atomic E-state index is 13.7. The predicted molar refractivity (Wildman–Crippen MR) is 124 cm³/mol. The van der Waals surface area contributed by atoms with Gasteiger partial charge in [-0.1, -0.05) is 0 Å². The second-order valence-electron chi connectivity index (χ2n) is 7.70. The first-order valence-electron chi connectivity index (χ1n) is 10.4. The normalized spacial score (nSPS) is 15.9. The van der Waals surface area contributed by atoms with Crippen LogP contribution in [0.15, 0.2) is 41.3 Å². The number of benzene rings is 2. The molecule has 0 aliphatic carbocycles. The van der Waals surface area contributed by atoms with Crippen molar-refractivity contribution in [3.63, 3.8) is 0 Å². The lowest BCUT2D eigenvalue weighted by molar-refractivity contribution is -0.116. The number of morpholine rings is 1. The van der Waals surface area contributed by atoms with E-state index < -0.39 is 43.6 Å². The third-order valence-electron chi connectivity index (χ3n) is 5.27. The maximum atomic E-state index is 13.7. The molecule has 35 heavy (non-hydrogen) atoms. The molecule has 1 aliphatic heterocycles. The van der Waals surface area contributed by atoms with Gasteiger partial charge < -0.3 is 14.8 Å². The monoisotopic (exact) mass is 533 g/mol. The quantitative estimate of drug-likeness (QED) is 0.549. The summed E-state index contributed by atoms with van der Waals surface area (Å²) in [6, 6.07) is 5.01. The van der Waals surface area contributed by atoms with Crippen molar-refractivity contribution >= 4 is 37.3 Å². The fraction of sp³-hybridized carbons (Fsp3) is 0.381. The molecule has 10 nitrogen and oxygen atoms in total. The lowest BCUT2D eigenvalue weighted by Crippen LogP contribution is -2.45. The zero-order chi connectivity index (χ0) is 26.0. The number of ether oxygens (including phenoxy) is 2. The van der Waals surface area contributed by atoms with Crippen LogP contribution in [0.4, 0.5) is 20.2 Å². The van der Waals surface area contributed by atoms with E-state index in [1.54, 1.807) is 0 Å². The van der Waals surface area contributed by atoms with E-state index >= 15 is 0 Å². The highest BCUT2D eigenvalue weighted by molar-refractivity contribution is 7.92. The Morgan fingerprint density at radius 1 is 1.09 bits per heavy atom. The Labute approximate surface area is 202 Å². The van der Waals surface area contributed by atoms with Crippen molar-refractivity contribution in [2.24, 2.45) is 0 Å². The van der Waals surface area contributed by atoms with Crippen LogP contribution in [-0.2, 0) is 29.6 Å². The Morgan fingerprint density at radius 2 is 1.74 bits per heavy atom. The summed E-state index contributed by atoms with van der Waals surface area (Å²) >= 11 is 0. The van der Waals surface area contributed by atoms with E-state index in [1.807, 2.05) is 0 Å². The highest BCUT2D eigenvalue weighted by Crippen LogP contribution is 2.31. The fourth-order valence-electron chi connectivity index (χ4n) is 3.56. The number of hydrogen-bond donors (Lipinski definition) is 1. The fourth-order valence-corrected chi connectivity index (χ4v) is 6.32. The van der Waals surface area contributed by atoms with Crippen LogP contribution in [0, 0.1) is 11.6 Å². The Hall–Kier alpha value is -2.81. The van der Waals surface area contributed by atoms with Gasteiger partial charge in [0.25, 0.3) is 0 Å². The topological polar surface area (TPSA) is 122 Å². The first-order chi connectivity index (χ1) is 16.4. The Morgan fingerprint density at radius 3 is 2.31 bits per heavy atom. The van der Waals surface area contributed by atoms with Crippen LogP contribution in [0.2, 0.25) is 0 Å². The number of methoxy groups -OCH3 is 1. The number of halogens is 2. The molecule has 0 radical (unpaired) electrons. The van der Waals surface area contributed by atoms with Gasteiger partial charge in [-0.05, 0) is 37.3 Å². The molecule has 1 atom stereocenters. The first-order valence-corrected chi connectivity index (χ1v) is 13.7. The molecule has 1 amide bonds. The molecule has 2 aromatic carbocycles. The molecule has 1 aliphatic rings. The minimum absolute atomic E-state index is 0.0575. The molecule has 0 aromatic heterocycles. The van der Waals surface area contributed by atoms with Crippen LogP contribution in [0.3, 0.4) is 0 Å². The minimum Gasteiger partial charge on any atom is -0.495 e. The second kappa shape index (κ2) is 10.4. The summed E-state index contributed by atoms with van der Waals surface area (Å²) in [6.45, 7) is 2.03. The van der Waals surface area contributed by atoms with Gasteiger partial charge in [-0.15, -0.1) is 0 Å². The summed E-state index contributed by atoms with van der Waals surface area (Å²) in [5, 5.41) is 2.48. The molecular weight excluding hydrogens is 508 g/mol. The van der Waals surface area contributed by atoms with Gasteiger partial charge >= 0.3 is 0 Å². The molecule has 2 aromatic rings. The first kappa shape index (κ1) is 26.8. The summed E-state index contributed by atoms with van der Waals surface area (Å²) in [5.74, 6) is -3.23. The number of nitrogens with zero attached hydrogens (tertiary/aromatic N) is 2. The zero-order valence-electron chi connectivity index (χ0n) is 19.2. The minimum atomic E-state index is -4.09. The SMILES string of the molecule is COc1ccc(NC(=O)C(C)N(c2ccc(F)c(F)c2)S(C)(=O)=O)cc1S(=O)(=O)N1CCOCC1. The third-order valence-corrected chi connectivity index (χ3v) is 8.43. The molecule has 0 spiro atoms. The maximum Gasteiger partial charge on any atom is 0.247 e. The van der Waals surface area contributed by atoms with Crippen LogP contribution in [0.5, 0.6) is 5.75 Å². The van der Waals surface area contributed by atoms with Crippen molar-refractivity contribution in [2.75, 3.05) is 49.3 Å². The third kappa shape index (κ3) is 5.89. The van der Waals surface area contributed by atoms with Crippen LogP contribution >= 0.6 is 0 Å². The van der Waals surface area contributed by atoms with Gasteiger partial charge in [0.15, 0.2) is 11.6 Å². The van der Waals surface area contributed by atoms with E-state index in [0.717, 1.165) is 18.4 Å². The van der Waals surface area contributed by atoms with Gasteiger partial charge in [0.1, 0.15) is 16.7 Å². The second-order valence-corrected chi connectivity index (χ2v) is 11.5. The molecule has 1 saturated heterocycles. The van der Waals surface area contributed by atoms with Gasteiger partial charge in [-0.2, -0.15) is 4.31 Å². The number of rotatable bonds is 8. The van der Waals surface area contributed by atoms with Crippen molar-refractivity contribution in [1.29, 1.82) is 0 Å². The number of amides is 1. The molecule has 1 N–H and O–H groups in total. The van der Waals surface area contributed by atoms with E-state index in [4.69, 9.17) is 9.47 Å². The molecule has 1 fully saturated rings. The Balaban J connectivity index is 1.92. The average Bonchev–Trinajstić information content (AvgIpc) is 2.81. The number of sulfonamides is 2. The zero-order valence-corrected chi connectivity index (χ0v) is 20.8. The number of carbonyl (C=O) groups excluding carboxylic acids is 1. The number of anilines is 2. The largest absolute Gasteiger partial charge is 0.495 e. The lowest BCUT2D eigenvalue weighted by atomic mass is 10.2. The summed E-state index contributed by atoms with van der Waals surface area (Å²) in [5.41, 5.74) is -0.187. The molecule has 0 bridgehead atoms. The number of hydrogen-bond acceptors (Lipinski definition) is 7. The van der Waals surface area contributed by atoms with Gasteiger partial charge in [-0.25, -0.2) is 25.6 Å². The van der Waals surface area contributed by atoms with E-state index in [-0.39, 0.29) is 48.3 Å². The number of carbonyl (C=O) groups is 1. The average molecular weight is 534 g/mol. The van der Waals surface area contributed by atoms with Crippen molar-refractivity contribution in [3.05, 3.63) is 48.0 Å². The highest BCUT2D eigenvalue weighted by atomic mass is 32.2. The highest BCUT2D eigenvalue weighted by Gasteiger charge is 2.32. The van der Waals surface area contributed by atoms with E-state index in [9.17, 15) is 30.4 Å². The molecule has 1 heterocycles. The van der Waals surface area contributed by atoms with Crippen LogP contribution in [-0.4, -0.2) is 72.8 Å². The summed E-state index contributed by atoms with van der Waals surface area (Å²) in [6.07, 6.45) is 0.818.